The molecule has 0 amide bonds. The summed E-state index contributed by atoms with van der Waals surface area (Å²) in [6, 6.07) is 0. The first-order chi connectivity index (χ1) is 13.0. The normalized spacial score (nSPS) is 52.5. The van der Waals surface area contributed by atoms with Crippen molar-refractivity contribution in [3.8, 4) is 0 Å². The second kappa shape index (κ2) is 6.31. The lowest BCUT2D eigenvalue weighted by molar-refractivity contribution is -0.330. The Labute approximate surface area is 163 Å². The number of aliphatic hydroxyl groups excluding tert-OH is 4. The average molecular weight is 398 g/mol. The Bertz CT molecular complexity index is 696. The summed E-state index contributed by atoms with van der Waals surface area (Å²) in [5.41, 5.74) is -1.98. The molecule has 0 bridgehead atoms. The predicted octanol–water partition coefficient (Wildman–Crippen LogP) is -0.742. The number of carbonyl (C=O) groups is 1. The van der Waals surface area contributed by atoms with E-state index in [0.29, 0.717) is 6.42 Å². The zero-order valence-corrected chi connectivity index (χ0v) is 16.4. The van der Waals surface area contributed by atoms with Crippen LogP contribution >= 0.6 is 0 Å². The molecule has 0 aromatic rings. The molecular weight excluding hydrogens is 368 g/mol. The third-order valence-electron chi connectivity index (χ3n) is 7.56. The number of ether oxygens (including phenoxy) is 2. The Morgan fingerprint density at radius 2 is 1.86 bits per heavy atom. The van der Waals surface area contributed by atoms with Crippen LogP contribution in [0.1, 0.15) is 40.0 Å². The molecule has 28 heavy (non-hydrogen) atoms. The number of Topliss-reactive ketones (excluding diaryl/α,β-unsaturated/α-hetero) is 1. The van der Waals surface area contributed by atoms with Crippen LogP contribution < -0.4 is 0 Å². The zero-order chi connectivity index (χ0) is 20.6. The molecule has 4 rings (SSSR count). The summed E-state index contributed by atoms with van der Waals surface area (Å²) < 4.78 is 11.7. The summed E-state index contributed by atoms with van der Waals surface area (Å²) >= 11 is 0. The van der Waals surface area contributed by atoms with E-state index in [9.17, 15) is 30.3 Å². The molecule has 1 saturated heterocycles. The highest BCUT2D eigenvalue weighted by atomic mass is 16.7. The molecule has 3 aliphatic carbocycles. The monoisotopic (exact) mass is 398 g/mol. The van der Waals surface area contributed by atoms with Crippen molar-refractivity contribution >= 4 is 5.78 Å². The van der Waals surface area contributed by atoms with Crippen LogP contribution in [0.3, 0.4) is 0 Å². The summed E-state index contributed by atoms with van der Waals surface area (Å²) in [4.78, 5) is 13.0. The first-order valence-corrected chi connectivity index (χ1v) is 9.95. The van der Waals surface area contributed by atoms with Gasteiger partial charge in [0.25, 0.3) is 0 Å². The molecule has 0 unspecified atom stereocenters. The van der Waals surface area contributed by atoms with Crippen LogP contribution in [-0.4, -0.2) is 79.8 Å². The van der Waals surface area contributed by atoms with Crippen LogP contribution in [0.25, 0.3) is 0 Å². The van der Waals surface area contributed by atoms with Gasteiger partial charge in [0.05, 0.1) is 18.1 Å². The van der Waals surface area contributed by atoms with Crippen molar-refractivity contribution in [3.05, 3.63) is 11.6 Å². The maximum absolute atomic E-state index is 13.0. The van der Waals surface area contributed by atoms with E-state index >= 15 is 0 Å². The van der Waals surface area contributed by atoms with Gasteiger partial charge in [0, 0.05) is 11.3 Å². The minimum Gasteiger partial charge on any atom is -0.394 e. The number of hydrogen-bond acceptors (Lipinski definition) is 8. The Balaban J connectivity index is 1.73. The van der Waals surface area contributed by atoms with Crippen LogP contribution in [0.4, 0.5) is 0 Å². The summed E-state index contributed by atoms with van der Waals surface area (Å²) in [6.45, 7) is 4.83. The van der Waals surface area contributed by atoms with Crippen molar-refractivity contribution in [1.82, 2.24) is 0 Å². The van der Waals surface area contributed by atoms with Crippen molar-refractivity contribution in [2.45, 2.75) is 81.9 Å². The quantitative estimate of drug-likeness (QED) is 0.392. The molecule has 9 atom stereocenters. The minimum absolute atomic E-state index is 0.0929. The minimum atomic E-state index is -1.57. The topological polar surface area (TPSA) is 137 Å². The molecule has 3 fully saturated rings. The highest BCUT2D eigenvalue weighted by molar-refractivity contribution is 5.89. The number of carbonyl (C=O) groups excluding carboxylic acids is 1. The summed E-state index contributed by atoms with van der Waals surface area (Å²) in [6.07, 6.45) is -3.27. The van der Waals surface area contributed by atoms with Crippen LogP contribution in [0, 0.1) is 17.3 Å². The van der Waals surface area contributed by atoms with Gasteiger partial charge in [-0.2, -0.15) is 0 Å². The van der Waals surface area contributed by atoms with Gasteiger partial charge in [0.1, 0.15) is 35.8 Å². The van der Waals surface area contributed by atoms with E-state index in [4.69, 9.17) is 9.47 Å². The summed E-state index contributed by atoms with van der Waals surface area (Å²) in [7, 11) is 0. The van der Waals surface area contributed by atoms with Crippen molar-refractivity contribution in [3.63, 3.8) is 0 Å². The van der Waals surface area contributed by atoms with Gasteiger partial charge >= 0.3 is 0 Å². The van der Waals surface area contributed by atoms with Crippen molar-refractivity contribution < 1.29 is 39.8 Å². The zero-order valence-electron chi connectivity index (χ0n) is 16.4. The molecule has 0 aromatic carbocycles. The first-order valence-electron chi connectivity index (χ1n) is 9.95. The lowest BCUT2D eigenvalue weighted by Crippen LogP contribution is -2.64. The van der Waals surface area contributed by atoms with Gasteiger partial charge in [0.2, 0.25) is 0 Å². The van der Waals surface area contributed by atoms with Gasteiger partial charge in [-0.05, 0) is 33.1 Å². The van der Waals surface area contributed by atoms with Crippen LogP contribution in [-0.2, 0) is 14.3 Å². The molecule has 1 heterocycles. The summed E-state index contributed by atoms with van der Waals surface area (Å²) in [5.74, 6) is -1.27. The Morgan fingerprint density at radius 1 is 1.21 bits per heavy atom. The van der Waals surface area contributed by atoms with Crippen LogP contribution in [0.2, 0.25) is 0 Å². The Kier molecular flexibility index (Phi) is 4.60. The lowest BCUT2D eigenvalue weighted by atomic mass is 9.61. The molecule has 5 N–H and O–H groups in total. The highest BCUT2D eigenvalue weighted by Gasteiger charge is 2.72. The highest BCUT2D eigenvalue weighted by Crippen LogP contribution is 2.68. The van der Waals surface area contributed by atoms with Gasteiger partial charge in [-0.3, -0.25) is 4.79 Å². The van der Waals surface area contributed by atoms with E-state index in [1.165, 1.54) is 0 Å². The fourth-order valence-electron chi connectivity index (χ4n) is 5.85. The summed E-state index contributed by atoms with van der Waals surface area (Å²) in [5, 5.41) is 51.4. The fourth-order valence-corrected chi connectivity index (χ4v) is 5.85. The SMILES string of the molecule is CC1=C[C@]2(O[C@@H]3O[C@H](CO)[C@@H](O)[C@H](O)[C@H]3O)C[C@@H](C)C(=O)[C@@H]2[C@@](C)(O)C12CC2. The molecule has 8 nitrogen and oxygen atoms in total. The number of hydrogen-bond donors (Lipinski definition) is 5. The van der Waals surface area contributed by atoms with Crippen molar-refractivity contribution in [2.24, 2.45) is 17.3 Å². The van der Waals surface area contributed by atoms with Crippen molar-refractivity contribution in [1.29, 1.82) is 0 Å². The van der Waals surface area contributed by atoms with E-state index in [2.05, 4.69) is 0 Å². The lowest BCUT2D eigenvalue weighted by Gasteiger charge is -2.52. The van der Waals surface area contributed by atoms with E-state index in [-0.39, 0.29) is 11.7 Å². The second-order valence-electron chi connectivity index (χ2n) is 9.27. The van der Waals surface area contributed by atoms with Gasteiger partial charge in [-0.15, -0.1) is 0 Å². The standard InChI is InChI=1S/C20H30O8/c1-9-6-20(28-17-15(25)14(24)13(23)11(8-21)27-17)7-10(2)19(4-5-19)18(3,26)16(20)12(9)22/h7,9,11,13-17,21,23-26H,4-6,8H2,1-3H3/t9-,11-,13-,14+,15-,16-,17+,18-,20-/m1/s1. The van der Waals surface area contributed by atoms with E-state index in [1.807, 2.05) is 13.0 Å². The number of rotatable bonds is 3. The van der Waals surface area contributed by atoms with Gasteiger partial charge in [0.15, 0.2) is 6.29 Å². The fraction of sp³-hybridized carbons (Fsp3) is 0.850. The molecule has 158 valence electrons. The molecule has 2 saturated carbocycles. The van der Waals surface area contributed by atoms with Crippen molar-refractivity contribution in [2.75, 3.05) is 6.61 Å². The van der Waals surface area contributed by atoms with E-state index in [1.54, 1.807) is 13.8 Å². The molecule has 1 aliphatic heterocycles. The van der Waals surface area contributed by atoms with Crippen LogP contribution in [0.15, 0.2) is 11.6 Å². The molecule has 1 spiro atoms. The second-order valence-corrected chi connectivity index (χ2v) is 9.27. The predicted molar refractivity (Wildman–Crippen MR) is 95.9 cm³/mol. The third-order valence-corrected chi connectivity index (χ3v) is 7.56. The van der Waals surface area contributed by atoms with E-state index < -0.39 is 59.8 Å². The Hall–Kier alpha value is -0.870. The van der Waals surface area contributed by atoms with E-state index in [0.717, 1.165) is 18.4 Å². The Morgan fingerprint density at radius 3 is 2.43 bits per heavy atom. The molecule has 0 aromatic heterocycles. The molecular formula is C20H30O8. The molecule has 4 aliphatic rings. The third kappa shape index (κ3) is 2.52. The first kappa shape index (κ1) is 20.4. The largest absolute Gasteiger partial charge is 0.394 e. The van der Waals surface area contributed by atoms with Gasteiger partial charge < -0.3 is 35.0 Å². The van der Waals surface area contributed by atoms with Gasteiger partial charge in [-0.25, -0.2) is 0 Å². The van der Waals surface area contributed by atoms with Gasteiger partial charge in [-0.1, -0.05) is 18.6 Å². The molecule has 8 heteroatoms. The smallest absolute Gasteiger partial charge is 0.187 e. The van der Waals surface area contributed by atoms with Crippen LogP contribution in [0.5, 0.6) is 0 Å². The maximum Gasteiger partial charge on any atom is 0.187 e. The average Bonchev–Trinajstić information content (AvgIpc) is 3.39. The number of ketones is 1. The number of fused-ring (bicyclic) bond motifs is 1. The molecule has 0 radical (unpaired) electrons. The maximum atomic E-state index is 13.0. The number of aliphatic hydroxyl groups is 5.